The lowest BCUT2D eigenvalue weighted by Gasteiger charge is -2.34. The number of benzene rings is 1. The van der Waals surface area contributed by atoms with Gasteiger partial charge in [0.25, 0.3) is 5.91 Å². The minimum absolute atomic E-state index is 0.0154. The number of carbonyl (C=O) groups is 1. The van der Waals surface area contributed by atoms with E-state index < -0.39 is 0 Å². The quantitative estimate of drug-likeness (QED) is 0.559. The summed E-state index contributed by atoms with van der Waals surface area (Å²) in [7, 11) is 0. The van der Waals surface area contributed by atoms with Crippen LogP contribution in [0.2, 0.25) is 0 Å². The number of carbonyl (C=O) groups excluding carboxylic acids is 1. The van der Waals surface area contributed by atoms with Crippen LogP contribution < -0.4 is 0 Å². The van der Waals surface area contributed by atoms with E-state index in [4.69, 9.17) is 0 Å². The van der Waals surface area contributed by atoms with Crippen LogP contribution in [0.25, 0.3) is 5.65 Å². The lowest BCUT2D eigenvalue weighted by atomic mass is 9.95. The third-order valence-electron chi connectivity index (χ3n) is 4.81. The van der Waals surface area contributed by atoms with Gasteiger partial charge in [-0.15, -0.1) is 0 Å². The van der Waals surface area contributed by atoms with E-state index in [0.29, 0.717) is 24.4 Å². The summed E-state index contributed by atoms with van der Waals surface area (Å²) in [5, 5.41) is 4.39. The molecular weight excluding hydrogens is 328 g/mol. The van der Waals surface area contributed by atoms with Gasteiger partial charge in [-0.1, -0.05) is 24.3 Å². The van der Waals surface area contributed by atoms with E-state index in [-0.39, 0.29) is 11.9 Å². The van der Waals surface area contributed by atoms with Crippen molar-refractivity contribution in [3.8, 4) is 0 Å². The van der Waals surface area contributed by atoms with Crippen molar-refractivity contribution in [3.63, 3.8) is 0 Å². The summed E-state index contributed by atoms with van der Waals surface area (Å²) in [6, 6.07) is 10.1. The molecule has 0 saturated carbocycles. The molecule has 0 spiro atoms. The third-order valence-corrected chi connectivity index (χ3v) is 4.81. The third kappa shape index (κ3) is 2.28. The van der Waals surface area contributed by atoms with Gasteiger partial charge in [0, 0.05) is 50.3 Å². The topological polar surface area (TPSA) is 68.3 Å². The highest BCUT2D eigenvalue weighted by atomic mass is 16.2. The molecule has 1 unspecified atom stereocenters. The fraction of sp³-hybridized carbons (Fsp3) is 0.158. The van der Waals surface area contributed by atoms with E-state index in [0.717, 1.165) is 5.56 Å². The van der Waals surface area contributed by atoms with Crippen LogP contribution in [0, 0.1) is 0 Å². The van der Waals surface area contributed by atoms with Crippen LogP contribution in [0.4, 0.5) is 0 Å². The Morgan fingerprint density at radius 3 is 2.69 bits per heavy atom. The Bertz CT molecular complexity index is 1080. The number of hydrogen-bond donors (Lipinski definition) is 0. The molecule has 128 valence electrons. The molecule has 3 aromatic heterocycles. The van der Waals surface area contributed by atoms with E-state index in [1.54, 1.807) is 24.8 Å². The zero-order valence-corrected chi connectivity index (χ0v) is 13.9. The van der Waals surface area contributed by atoms with Crippen molar-refractivity contribution in [1.82, 2.24) is 29.0 Å². The van der Waals surface area contributed by atoms with Gasteiger partial charge in [-0.25, -0.2) is 9.97 Å². The molecule has 0 fully saturated rings. The Morgan fingerprint density at radius 1 is 1.00 bits per heavy atom. The molecule has 0 N–H and O–H groups in total. The summed E-state index contributed by atoms with van der Waals surface area (Å²) in [5.41, 5.74) is 3.28. The van der Waals surface area contributed by atoms with Crippen LogP contribution in [-0.4, -0.2) is 41.5 Å². The van der Waals surface area contributed by atoms with Gasteiger partial charge in [0.15, 0.2) is 11.3 Å². The van der Waals surface area contributed by atoms with E-state index in [9.17, 15) is 4.79 Å². The maximum Gasteiger partial charge on any atom is 0.276 e. The first-order valence-electron chi connectivity index (χ1n) is 8.45. The highest BCUT2D eigenvalue weighted by molar-refractivity contribution is 5.97. The second-order valence-electron chi connectivity index (χ2n) is 6.32. The summed E-state index contributed by atoms with van der Waals surface area (Å²) in [5.74, 6) is -0.117. The molecule has 0 saturated heterocycles. The van der Waals surface area contributed by atoms with Gasteiger partial charge in [-0.3, -0.25) is 9.48 Å². The van der Waals surface area contributed by atoms with Crippen LogP contribution in [0.3, 0.4) is 0 Å². The van der Waals surface area contributed by atoms with Crippen LogP contribution >= 0.6 is 0 Å². The molecule has 1 atom stereocenters. The molecule has 0 bridgehead atoms. The molecule has 4 aromatic rings. The lowest BCUT2D eigenvalue weighted by Crippen LogP contribution is -2.41. The number of imidazole rings is 1. The predicted molar refractivity (Wildman–Crippen MR) is 94.5 cm³/mol. The molecule has 5 rings (SSSR count). The van der Waals surface area contributed by atoms with E-state index in [1.165, 1.54) is 5.56 Å². The average Bonchev–Trinajstić information content (AvgIpc) is 3.38. The Balaban J connectivity index is 1.56. The number of rotatable bonds is 2. The predicted octanol–water partition coefficient (Wildman–Crippen LogP) is 2.17. The number of hydrogen-bond acceptors (Lipinski definition) is 4. The first-order chi connectivity index (χ1) is 12.8. The van der Waals surface area contributed by atoms with Crippen LogP contribution in [0.5, 0.6) is 0 Å². The van der Waals surface area contributed by atoms with Crippen molar-refractivity contribution in [2.24, 2.45) is 0 Å². The standard InChI is InChI=1S/C19H16N6O/c26-19(17-18-21-8-11-23(18)10-7-20-17)24-12-14-4-1-2-5-15(14)16(13-24)25-9-3-6-22-25/h1-11,16H,12-13H2. The van der Waals surface area contributed by atoms with Crippen molar-refractivity contribution in [2.45, 2.75) is 12.6 Å². The number of nitrogens with zero attached hydrogens (tertiary/aromatic N) is 6. The fourth-order valence-corrected chi connectivity index (χ4v) is 3.58. The Labute approximate surface area is 149 Å². The molecule has 1 aliphatic rings. The summed E-state index contributed by atoms with van der Waals surface area (Å²) >= 11 is 0. The first kappa shape index (κ1) is 14.8. The van der Waals surface area contributed by atoms with Crippen molar-refractivity contribution >= 4 is 11.6 Å². The van der Waals surface area contributed by atoms with Crippen LogP contribution in [0.15, 0.2) is 67.5 Å². The van der Waals surface area contributed by atoms with Crippen molar-refractivity contribution in [3.05, 3.63) is 84.3 Å². The summed E-state index contributed by atoms with van der Waals surface area (Å²) in [6.07, 6.45) is 10.6. The lowest BCUT2D eigenvalue weighted by molar-refractivity contribution is 0.0702. The van der Waals surface area contributed by atoms with Crippen molar-refractivity contribution in [1.29, 1.82) is 0 Å². The maximum atomic E-state index is 13.2. The van der Waals surface area contributed by atoms with Crippen LogP contribution in [-0.2, 0) is 6.54 Å². The Hall–Kier alpha value is -3.48. The molecule has 26 heavy (non-hydrogen) atoms. The van der Waals surface area contributed by atoms with Crippen molar-refractivity contribution < 1.29 is 4.79 Å². The van der Waals surface area contributed by atoms with Gasteiger partial charge in [0.1, 0.15) is 0 Å². The monoisotopic (exact) mass is 344 g/mol. The smallest absolute Gasteiger partial charge is 0.276 e. The minimum atomic E-state index is -0.117. The Morgan fingerprint density at radius 2 is 1.85 bits per heavy atom. The maximum absolute atomic E-state index is 13.2. The van der Waals surface area contributed by atoms with Gasteiger partial charge in [0.05, 0.1) is 6.04 Å². The fourth-order valence-electron chi connectivity index (χ4n) is 3.58. The summed E-state index contributed by atoms with van der Waals surface area (Å²) in [4.78, 5) is 23.6. The van der Waals surface area contributed by atoms with Crippen LogP contribution in [0.1, 0.15) is 27.7 Å². The summed E-state index contributed by atoms with van der Waals surface area (Å²) < 4.78 is 3.71. The minimum Gasteiger partial charge on any atom is -0.330 e. The van der Waals surface area contributed by atoms with E-state index in [1.807, 2.05) is 44.6 Å². The molecule has 7 heteroatoms. The van der Waals surface area contributed by atoms with Gasteiger partial charge >= 0.3 is 0 Å². The summed E-state index contributed by atoms with van der Waals surface area (Å²) in [6.45, 7) is 1.09. The molecule has 7 nitrogen and oxygen atoms in total. The second-order valence-corrected chi connectivity index (χ2v) is 6.32. The molecule has 0 radical (unpaired) electrons. The highest BCUT2D eigenvalue weighted by Gasteiger charge is 2.31. The zero-order chi connectivity index (χ0) is 17.5. The molecule has 4 heterocycles. The molecule has 0 aliphatic carbocycles. The average molecular weight is 344 g/mol. The SMILES string of the molecule is O=C(c1nccn2ccnc12)N1Cc2ccccc2C(n2cccn2)C1. The van der Waals surface area contributed by atoms with Crippen molar-refractivity contribution in [2.75, 3.05) is 6.54 Å². The Kier molecular flexibility index (Phi) is 3.31. The van der Waals surface area contributed by atoms with Gasteiger partial charge in [-0.05, 0) is 17.2 Å². The second kappa shape index (κ2) is 5.80. The number of amides is 1. The highest BCUT2D eigenvalue weighted by Crippen LogP contribution is 2.30. The largest absolute Gasteiger partial charge is 0.330 e. The molecule has 1 aromatic carbocycles. The molecular formula is C19H16N6O. The number of aromatic nitrogens is 5. The normalized spacial score (nSPS) is 16.6. The first-order valence-corrected chi connectivity index (χ1v) is 8.45. The molecule has 1 aliphatic heterocycles. The van der Waals surface area contributed by atoms with Gasteiger partial charge < -0.3 is 9.30 Å². The van der Waals surface area contributed by atoms with E-state index >= 15 is 0 Å². The zero-order valence-electron chi connectivity index (χ0n) is 13.9. The van der Waals surface area contributed by atoms with Gasteiger partial charge in [0.2, 0.25) is 0 Å². The van der Waals surface area contributed by atoms with E-state index in [2.05, 4.69) is 27.2 Å². The van der Waals surface area contributed by atoms with Gasteiger partial charge in [-0.2, -0.15) is 5.10 Å². The molecule has 1 amide bonds. The number of fused-ring (bicyclic) bond motifs is 2.